The van der Waals surface area contributed by atoms with Crippen LogP contribution in [0.25, 0.3) is 0 Å². The zero-order valence-corrected chi connectivity index (χ0v) is 13.8. The first-order valence-electron chi connectivity index (χ1n) is 7.99. The molecule has 1 aliphatic rings. The molecule has 0 aromatic heterocycles. The van der Waals surface area contributed by atoms with Gasteiger partial charge in [-0.25, -0.2) is 0 Å². The maximum Gasteiger partial charge on any atom is 0.122 e. The number of rotatable bonds is 8. The van der Waals surface area contributed by atoms with E-state index >= 15 is 0 Å². The van der Waals surface area contributed by atoms with Gasteiger partial charge in [-0.3, -0.25) is 0 Å². The minimum Gasteiger partial charge on any atom is -0.491 e. The maximum absolute atomic E-state index is 10.0. The van der Waals surface area contributed by atoms with E-state index in [9.17, 15) is 5.11 Å². The lowest BCUT2D eigenvalue weighted by Gasteiger charge is -2.20. The molecule has 21 heavy (non-hydrogen) atoms. The van der Waals surface area contributed by atoms with Gasteiger partial charge in [0.05, 0.1) is 0 Å². The highest BCUT2D eigenvalue weighted by molar-refractivity contribution is 5.35. The molecule has 2 rings (SSSR count). The number of aliphatic hydroxyl groups is 1. The zero-order valence-electron chi connectivity index (χ0n) is 13.8. The van der Waals surface area contributed by atoms with Crippen molar-refractivity contribution in [3.05, 3.63) is 29.3 Å². The molecule has 0 radical (unpaired) electrons. The summed E-state index contributed by atoms with van der Waals surface area (Å²) >= 11 is 0. The molecule has 0 unspecified atom stereocenters. The predicted octanol–water partition coefficient (Wildman–Crippen LogP) is 3.21. The minimum atomic E-state index is -0.472. The molecule has 0 heterocycles. The highest BCUT2D eigenvalue weighted by Crippen LogP contribution is 2.48. The molecule has 0 saturated heterocycles. The van der Waals surface area contributed by atoms with Gasteiger partial charge in [0.15, 0.2) is 0 Å². The first kappa shape index (κ1) is 16.3. The summed E-state index contributed by atoms with van der Waals surface area (Å²) in [7, 11) is 0. The van der Waals surface area contributed by atoms with E-state index in [1.165, 1.54) is 24.8 Å². The minimum absolute atomic E-state index is 0.334. The smallest absolute Gasteiger partial charge is 0.122 e. The standard InChI is InChI=1S/C18H29NO2/c1-13-5-6-17(14(2)9-13)21-12-16(20)11-19-15(3)10-18(4)7-8-18/h5-6,9,15-16,19-20H,7-8,10-12H2,1-4H3/t15-,16+/m0/s1. The van der Waals surface area contributed by atoms with E-state index in [1.54, 1.807) is 0 Å². The van der Waals surface area contributed by atoms with E-state index in [0.29, 0.717) is 24.6 Å². The Balaban J connectivity index is 1.68. The van der Waals surface area contributed by atoms with Crippen LogP contribution in [0.5, 0.6) is 5.75 Å². The van der Waals surface area contributed by atoms with Crippen LogP contribution in [0.4, 0.5) is 0 Å². The SMILES string of the molecule is Cc1ccc(OC[C@H](O)CN[C@@H](C)CC2(C)CC2)c(C)c1. The Morgan fingerprint density at radius 1 is 1.33 bits per heavy atom. The molecule has 1 aromatic rings. The fourth-order valence-corrected chi connectivity index (χ4v) is 2.77. The third-order valence-electron chi connectivity index (χ3n) is 4.37. The van der Waals surface area contributed by atoms with Gasteiger partial charge in [0.1, 0.15) is 18.5 Å². The first-order valence-corrected chi connectivity index (χ1v) is 7.99. The third-order valence-corrected chi connectivity index (χ3v) is 4.37. The van der Waals surface area contributed by atoms with Gasteiger partial charge in [-0.1, -0.05) is 24.6 Å². The van der Waals surface area contributed by atoms with Crippen LogP contribution < -0.4 is 10.1 Å². The Labute approximate surface area is 128 Å². The molecule has 0 bridgehead atoms. The molecule has 0 aliphatic heterocycles. The summed E-state index contributed by atoms with van der Waals surface area (Å²) in [6.07, 6.45) is 3.41. The number of nitrogens with one attached hydrogen (secondary N) is 1. The molecule has 1 aliphatic carbocycles. The highest BCUT2D eigenvalue weighted by atomic mass is 16.5. The topological polar surface area (TPSA) is 41.5 Å². The summed E-state index contributed by atoms with van der Waals surface area (Å²) in [6.45, 7) is 9.55. The van der Waals surface area contributed by atoms with Crippen LogP contribution in [0.15, 0.2) is 18.2 Å². The van der Waals surface area contributed by atoms with Crippen LogP contribution in [0.1, 0.15) is 44.2 Å². The molecule has 118 valence electrons. The van der Waals surface area contributed by atoms with Crippen molar-refractivity contribution in [1.29, 1.82) is 0 Å². The second-order valence-corrected chi connectivity index (χ2v) is 7.06. The first-order chi connectivity index (χ1) is 9.88. The van der Waals surface area contributed by atoms with Crippen LogP contribution in [0.3, 0.4) is 0 Å². The molecule has 0 amide bonds. The molecule has 3 heteroatoms. The van der Waals surface area contributed by atoms with Crippen LogP contribution in [-0.4, -0.2) is 30.4 Å². The van der Waals surface area contributed by atoms with Gasteiger partial charge < -0.3 is 15.2 Å². The van der Waals surface area contributed by atoms with E-state index in [-0.39, 0.29) is 0 Å². The van der Waals surface area contributed by atoms with E-state index in [2.05, 4.69) is 32.2 Å². The second-order valence-electron chi connectivity index (χ2n) is 7.06. The molecule has 1 fully saturated rings. The average Bonchev–Trinajstić information content (AvgIpc) is 3.12. The van der Waals surface area contributed by atoms with Crippen molar-refractivity contribution < 1.29 is 9.84 Å². The number of benzene rings is 1. The van der Waals surface area contributed by atoms with Gasteiger partial charge >= 0.3 is 0 Å². The summed E-state index contributed by atoms with van der Waals surface area (Å²) in [4.78, 5) is 0. The van der Waals surface area contributed by atoms with Gasteiger partial charge in [-0.2, -0.15) is 0 Å². The summed E-state index contributed by atoms with van der Waals surface area (Å²) in [5.41, 5.74) is 2.89. The van der Waals surface area contributed by atoms with Crippen molar-refractivity contribution in [2.24, 2.45) is 5.41 Å². The summed E-state index contributed by atoms with van der Waals surface area (Å²) < 4.78 is 5.71. The van der Waals surface area contributed by atoms with Gasteiger partial charge in [0.25, 0.3) is 0 Å². The average molecular weight is 291 g/mol. The second kappa shape index (κ2) is 6.80. The lowest BCUT2D eigenvalue weighted by atomic mass is 10.0. The molecular formula is C18H29NO2. The van der Waals surface area contributed by atoms with E-state index in [1.807, 2.05) is 19.1 Å². The molecule has 2 atom stereocenters. The monoisotopic (exact) mass is 291 g/mol. The summed E-state index contributed by atoms with van der Waals surface area (Å²) in [6, 6.07) is 6.55. The largest absolute Gasteiger partial charge is 0.491 e. The van der Waals surface area contributed by atoms with Gasteiger partial charge in [0, 0.05) is 12.6 Å². The zero-order chi connectivity index (χ0) is 15.5. The molecule has 2 N–H and O–H groups in total. The number of hydrogen-bond donors (Lipinski definition) is 2. The Morgan fingerprint density at radius 2 is 2.05 bits per heavy atom. The Morgan fingerprint density at radius 3 is 2.67 bits per heavy atom. The van der Waals surface area contributed by atoms with E-state index < -0.39 is 6.10 Å². The predicted molar refractivity (Wildman–Crippen MR) is 86.8 cm³/mol. The lowest BCUT2D eigenvalue weighted by Crippen LogP contribution is -2.37. The number of aryl methyl sites for hydroxylation is 2. The van der Waals surface area contributed by atoms with Gasteiger partial charge in [-0.05, 0) is 57.1 Å². The third kappa shape index (κ3) is 5.33. The van der Waals surface area contributed by atoms with E-state index in [0.717, 1.165) is 11.3 Å². The molecule has 1 saturated carbocycles. The van der Waals surface area contributed by atoms with Crippen LogP contribution in [-0.2, 0) is 0 Å². The van der Waals surface area contributed by atoms with Crippen molar-refractivity contribution in [3.8, 4) is 5.75 Å². The number of ether oxygens (including phenoxy) is 1. The molecule has 0 spiro atoms. The summed E-state index contributed by atoms with van der Waals surface area (Å²) in [5, 5.41) is 13.4. The number of hydrogen-bond acceptors (Lipinski definition) is 3. The van der Waals surface area contributed by atoms with E-state index in [4.69, 9.17) is 4.74 Å². The Kier molecular flexibility index (Phi) is 5.28. The van der Waals surface area contributed by atoms with Crippen molar-refractivity contribution in [2.75, 3.05) is 13.2 Å². The van der Waals surface area contributed by atoms with Crippen molar-refractivity contribution in [2.45, 2.75) is 59.1 Å². The van der Waals surface area contributed by atoms with Crippen molar-refractivity contribution in [1.82, 2.24) is 5.32 Å². The normalized spacial score (nSPS) is 19.1. The Bertz CT molecular complexity index is 468. The molecule has 3 nitrogen and oxygen atoms in total. The molecular weight excluding hydrogens is 262 g/mol. The highest BCUT2D eigenvalue weighted by Gasteiger charge is 2.38. The number of aliphatic hydroxyl groups excluding tert-OH is 1. The van der Waals surface area contributed by atoms with Crippen molar-refractivity contribution >= 4 is 0 Å². The van der Waals surface area contributed by atoms with Gasteiger partial charge in [0.2, 0.25) is 0 Å². The van der Waals surface area contributed by atoms with Gasteiger partial charge in [-0.15, -0.1) is 0 Å². The van der Waals surface area contributed by atoms with Crippen LogP contribution in [0, 0.1) is 19.3 Å². The van der Waals surface area contributed by atoms with Crippen LogP contribution in [0.2, 0.25) is 0 Å². The fourth-order valence-electron chi connectivity index (χ4n) is 2.77. The van der Waals surface area contributed by atoms with Crippen LogP contribution >= 0.6 is 0 Å². The molecule has 1 aromatic carbocycles. The van der Waals surface area contributed by atoms with Crippen molar-refractivity contribution in [3.63, 3.8) is 0 Å². The quantitative estimate of drug-likeness (QED) is 0.773. The summed E-state index contributed by atoms with van der Waals surface area (Å²) in [5.74, 6) is 0.859. The Hall–Kier alpha value is -1.06. The maximum atomic E-state index is 10.0. The fraction of sp³-hybridized carbons (Fsp3) is 0.667. The lowest BCUT2D eigenvalue weighted by molar-refractivity contribution is 0.103.